The van der Waals surface area contributed by atoms with Crippen LogP contribution in [0.15, 0.2) is 5.38 Å². The van der Waals surface area contributed by atoms with E-state index in [9.17, 15) is 4.79 Å². The van der Waals surface area contributed by atoms with Gasteiger partial charge in [-0.2, -0.15) is 0 Å². The fourth-order valence-corrected chi connectivity index (χ4v) is 3.08. The molecule has 1 aromatic rings. The molecule has 1 saturated heterocycles. The Kier molecular flexibility index (Phi) is 4.29. The molecule has 0 radical (unpaired) electrons. The number of aromatic nitrogens is 1. The van der Waals surface area contributed by atoms with Gasteiger partial charge in [-0.05, 0) is 32.7 Å². The van der Waals surface area contributed by atoms with Gasteiger partial charge in [0.15, 0.2) is 0 Å². The Morgan fingerprint density at radius 2 is 2.47 bits per heavy atom. The van der Waals surface area contributed by atoms with E-state index in [2.05, 4.69) is 22.2 Å². The van der Waals surface area contributed by atoms with Gasteiger partial charge < -0.3 is 0 Å². The number of rotatable bonds is 4. The van der Waals surface area contributed by atoms with E-state index < -0.39 is 0 Å². The first-order valence-corrected chi connectivity index (χ1v) is 7.23. The highest BCUT2D eigenvalue weighted by atomic mass is 32.1. The number of piperidine rings is 1. The number of hydrogen-bond donors (Lipinski definition) is 0. The Morgan fingerprint density at radius 1 is 1.65 bits per heavy atom. The normalized spacial score (nSPS) is 21.6. The summed E-state index contributed by atoms with van der Waals surface area (Å²) in [4.78, 5) is 18.4. The van der Waals surface area contributed by atoms with E-state index in [1.54, 1.807) is 18.3 Å². The summed E-state index contributed by atoms with van der Waals surface area (Å²) in [7, 11) is 0. The molecule has 0 amide bonds. The minimum absolute atomic E-state index is 0.244. The minimum Gasteiger partial charge on any atom is -0.300 e. The topological polar surface area (TPSA) is 33.2 Å². The highest BCUT2D eigenvalue weighted by molar-refractivity contribution is 7.09. The summed E-state index contributed by atoms with van der Waals surface area (Å²) in [5, 5.41) is 3.36. The van der Waals surface area contributed by atoms with Crippen LogP contribution in [0.2, 0.25) is 0 Å². The van der Waals surface area contributed by atoms with Crippen molar-refractivity contribution < 1.29 is 4.79 Å². The van der Waals surface area contributed by atoms with Crippen molar-refractivity contribution in [1.82, 2.24) is 9.88 Å². The van der Waals surface area contributed by atoms with Gasteiger partial charge in [0.1, 0.15) is 5.78 Å². The average molecular weight is 252 g/mol. The lowest BCUT2D eigenvalue weighted by Crippen LogP contribution is -2.37. The molecule has 0 aliphatic carbocycles. The molecule has 4 heteroatoms. The van der Waals surface area contributed by atoms with E-state index >= 15 is 0 Å². The fraction of sp³-hybridized carbons (Fsp3) is 0.692. The molecule has 2 heterocycles. The number of aryl methyl sites for hydroxylation is 1. The molecule has 1 aliphatic heterocycles. The molecule has 1 atom stereocenters. The van der Waals surface area contributed by atoms with Crippen molar-refractivity contribution >= 4 is 17.1 Å². The van der Waals surface area contributed by atoms with Gasteiger partial charge in [-0.15, -0.1) is 11.3 Å². The number of Topliss-reactive ketones (excluding diaryl/α,β-unsaturated/α-hetero) is 1. The lowest BCUT2D eigenvalue weighted by atomic mass is 9.94. The van der Waals surface area contributed by atoms with Gasteiger partial charge in [0.2, 0.25) is 0 Å². The van der Waals surface area contributed by atoms with Gasteiger partial charge in [0.25, 0.3) is 0 Å². The predicted molar refractivity (Wildman–Crippen MR) is 70.2 cm³/mol. The minimum atomic E-state index is 0.244. The second-order valence-electron chi connectivity index (χ2n) is 4.77. The number of ketones is 1. The van der Waals surface area contributed by atoms with Crippen LogP contribution in [0.25, 0.3) is 0 Å². The number of hydrogen-bond acceptors (Lipinski definition) is 4. The largest absolute Gasteiger partial charge is 0.300 e. The SMILES string of the molecule is CCc1nc(CN2CCCC(C(C)=O)C2)cs1. The molecule has 0 N–H and O–H groups in total. The van der Waals surface area contributed by atoms with Gasteiger partial charge >= 0.3 is 0 Å². The highest BCUT2D eigenvalue weighted by Crippen LogP contribution is 2.20. The molecule has 0 spiro atoms. The van der Waals surface area contributed by atoms with E-state index in [1.807, 2.05) is 0 Å². The number of carbonyl (C=O) groups excluding carboxylic acids is 1. The van der Waals surface area contributed by atoms with Crippen LogP contribution in [0.5, 0.6) is 0 Å². The van der Waals surface area contributed by atoms with Crippen LogP contribution < -0.4 is 0 Å². The summed E-state index contributed by atoms with van der Waals surface area (Å²) >= 11 is 1.74. The van der Waals surface area contributed by atoms with Crippen LogP contribution in [0.1, 0.15) is 37.4 Å². The van der Waals surface area contributed by atoms with Crippen molar-refractivity contribution in [2.24, 2.45) is 5.92 Å². The zero-order chi connectivity index (χ0) is 12.3. The first-order valence-electron chi connectivity index (χ1n) is 6.35. The van der Waals surface area contributed by atoms with Gasteiger partial charge in [-0.1, -0.05) is 6.92 Å². The van der Waals surface area contributed by atoms with Gasteiger partial charge in [0, 0.05) is 24.4 Å². The van der Waals surface area contributed by atoms with Crippen molar-refractivity contribution in [2.45, 2.75) is 39.7 Å². The molecule has 1 aliphatic rings. The Hall–Kier alpha value is -0.740. The monoisotopic (exact) mass is 252 g/mol. The second kappa shape index (κ2) is 5.74. The molecule has 1 fully saturated rings. The summed E-state index contributed by atoms with van der Waals surface area (Å²) in [6.07, 6.45) is 3.21. The lowest BCUT2D eigenvalue weighted by molar-refractivity contribution is -0.122. The Morgan fingerprint density at radius 3 is 3.12 bits per heavy atom. The molecule has 0 bridgehead atoms. The summed E-state index contributed by atoms with van der Waals surface area (Å²) in [5.41, 5.74) is 1.16. The Bertz CT molecular complexity index is 389. The van der Waals surface area contributed by atoms with E-state index in [0.29, 0.717) is 5.78 Å². The first kappa shape index (κ1) is 12.7. The smallest absolute Gasteiger partial charge is 0.134 e. The second-order valence-corrected chi connectivity index (χ2v) is 5.71. The Labute approximate surface area is 107 Å². The van der Waals surface area contributed by atoms with Crippen molar-refractivity contribution in [1.29, 1.82) is 0 Å². The number of thiazole rings is 1. The molecule has 2 rings (SSSR count). The summed E-state index contributed by atoms with van der Waals surface area (Å²) in [6, 6.07) is 0. The number of likely N-dealkylation sites (tertiary alicyclic amines) is 1. The molecular weight excluding hydrogens is 232 g/mol. The third-order valence-corrected chi connectivity index (χ3v) is 4.41. The van der Waals surface area contributed by atoms with Crippen LogP contribution >= 0.6 is 11.3 Å². The molecule has 1 unspecified atom stereocenters. The number of nitrogens with zero attached hydrogens (tertiary/aromatic N) is 2. The molecule has 0 saturated carbocycles. The van der Waals surface area contributed by atoms with Gasteiger partial charge in [0.05, 0.1) is 10.7 Å². The van der Waals surface area contributed by atoms with E-state index in [-0.39, 0.29) is 5.92 Å². The highest BCUT2D eigenvalue weighted by Gasteiger charge is 2.23. The standard InChI is InChI=1S/C13H20N2OS/c1-3-13-14-12(9-17-13)8-15-6-4-5-11(7-15)10(2)16/h9,11H,3-8H2,1-2H3. The van der Waals surface area contributed by atoms with E-state index in [0.717, 1.165) is 44.6 Å². The first-order chi connectivity index (χ1) is 8.19. The maximum absolute atomic E-state index is 11.4. The van der Waals surface area contributed by atoms with Crippen molar-refractivity contribution in [3.05, 3.63) is 16.1 Å². The zero-order valence-electron chi connectivity index (χ0n) is 10.6. The number of carbonyl (C=O) groups is 1. The molecular formula is C13H20N2OS. The summed E-state index contributed by atoms with van der Waals surface area (Å²) in [6.45, 7) is 6.76. The van der Waals surface area contributed by atoms with Gasteiger partial charge in [-0.25, -0.2) is 4.98 Å². The lowest BCUT2D eigenvalue weighted by Gasteiger charge is -2.30. The third kappa shape index (κ3) is 3.36. The van der Waals surface area contributed by atoms with Crippen molar-refractivity contribution in [2.75, 3.05) is 13.1 Å². The van der Waals surface area contributed by atoms with Crippen molar-refractivity contribution in [3.8, 4) is 0 Å². The summed E-state index contributed by atoms with van der Waals surface area (Å²) in [5.74, 6) is 0.579. The van der Waals surface area contributed by atoms with Crippen LogP contribution in [0.4, 0.5) is 0 Å². The Balaban J connectivity index is 1.92. The maximum atomic E-state index is 11.4. The molecule has 94 valence electrons. The van der Waals surface area contributed by atoms with E-state index in [4.69, 9.17) is 0 Å². The molecule has 3 nitrogen and oxygen atoms in total. The van der Waals surface area contributed by atoms with Gasteiger partial charge in [-0.3, -0.25) is 9.69 Å². The molecule has 0 aromatic carbocycles. The summed E-state index contributed by atoms with van der Waals surface area (Å²) < 4.78 is 0. The van der Waals surface area contributed by atoms with Crippen LogP contribution in [0.3, 0.4) is 0 Å². The van der Waals surface area contributed by atoms with Crippen LogP contribution in [0, 0.1) is 5.92 Å². The van der Waals surface area contributed by atoms with Crippen molar-refractivity contribution in [3.63, 3.8) is 0 Å². The fourth-order valence-electron chi connectivity index (χ4n) is 2.34. The molecule has 1 aromatic heterocycles. The van der Waals surface area contributed by atoms with Crippen LogP contribution in [-0.2, 0) is 17.8 Å². The predicted octanol–water partition coefficient (Wildman–Crippen LogP) is 2.51. The zero-order valence-corrected chi connectivity index (χ0v) is 11.4. The average Bonchev–Trinajstić information content (AvgIpc) is 2.77. The van der Waals surface area contributed by atoms with Crippen LogP contribution in [-0.4, -0.2) is 28.8 Å². The molecule has 17 heavy (non-hydrogen) atoms. The quantitative estimate of drug-likeness (QED) is 0.825. The maximum Gasteiger partial charge on any atom is 0.134 e. The third-order valence-electron chi connectivity index (χ3n) is 3.37. The van der Waals surface area contributed by atoms with E-state index in [1.165, 1.54) is 5.01 Å².